The molecule has 5 N–H and O–H groups in total. The van der Waals surface area contributed by atoms with Crippen LogP contribution < -0.4 is 40.8 Å². The second-order valence-electron chi connectivity index (χ2n) is 4.85. The van der Waals surface area contributed by atoms with Gasteiger partial charge in [0, 0.05) is 11.8 Å². The Bertz CT molecular complexity index is 734. The van der Waals surface area contributed by atoms with Crippen LogP contribution >= 0.6 is 7.60 Å². The maximum Gasteiger partial charge on any atom is 1.00 e. The number of aromatic nitrogens is 2. The van der Waals surface area contributed by atoms with Crippen LogP contribution in [0.4, 0.5) is 0 Å². The molecule has 1 aliphatic heterocycles. The minimum atomic E-state index is -4.47. The first-order valence-corrected chi connectivity index (χ1v) is 7.88. The molecule has 3 atom stereocenters. The largest absolute Gasteiger partial charge is 1.00 e. The van der Waals surface area contributed by atoms with E-state index in [1.54, 1.807) is 0 Å². The van der Waals surface area contributed by atoms with Crippen LogP contribution in [0.2, 0.25) is 0 Å². The minimum absolute atomic E-state index is 0. The van der Waals surface area contributed by atoms with Gasteiger partial charge in [-0.25, -0.2) is 9.36 Å². The van der Waals surface area contributed by atoms with Gasteiger partial charge in [-0.1, -0.05) is 0 Å². The van der Waals surface area contributed by atoms with E-state index in [1.165, 1.54) is 6.92 Å². The van der Waals surface area contributed by atoms with Crippen molar-refractivity contribution in [3.8, 4) is 0 Å². The van der Waals surface area contributed by atoms with Crippen LogP contribution in [0.15, 0.2) is 15.8 Å². The van der Waals surface area contributed by atoms with Crippen molar-refractivity contribution in [1.82, 2.24) is 9.55 Å². The molecular formula is C10H16N2NaO9P. The van der Waals surface area contributed by atoms with Crippen molar-refractivity contribution in [2.24, 2.45) is 0 Å². The Morgan fingerprint density at radius 2 is 2.17 bits per heavy atom. The smallest absolute Gasteiger partial charge is 1.00 e. The molecule has 126 valence electrons. The van der Waals surface area contributed by atoms with Gasteiger partial charge >= 0.3 is 42.8 Å². The van der Waals surface area contributed by atoms with Crippen molar-refractivity contribution in [3.05, 3.63) is 32.6 Å². The van der Waals surface area contributed by atoms with E-state index in [0.29, 0.717) is 4.57 Å². The first-order valence-electron chi connectivity index (χ1n) is 6.08. The Kier molecular flexibility index (Phi) is 6.55. The molecule has 1 aliphatic rings. The van der Waals surface area contributed by atoms with E-state index in [-0.39, 0.29) is 36.5 Å². The van der Waals surface area contributed by atoms with Gasteiger partial charge in [-0.2, -0.15) is 0 Å². The predicted molar refractivity (Wildman–Crippen MR) is 71.1 cm³/mol. The summed E-state index contributed by atoms with van der Waals surface area (Å²) >= 11 is 0. The molecule has 0 saturated carbocycles. The van der Waals surface area contributed by atoms with E-state index >= 15 is 0 Å². The maximum atomic E-state index is 11.7. The van der Waals surface area contributed by atoms with Crippen molar-refractivity contribution in [2.75, 3.05) is 13.0 Å². The second-order valence-corrected chi connectivity index (χ2v) is 6.44. The summed E-state index contributed by atoms with van der Waals surface area (Å²) in [5.41, 5.74) is -1.59. The first-order chi connectivity index (χ1) is 10.0. The van der Waals surface area contributed by atoms with E-state index in [2.05, 4.69) is 0 Å². The normalized spacial score (nSPS) is 27.7. The number of H-pyrrole nitrogens is 1. The van der Waals surface area contributed by atoms with Crippen molar-refractivity contribution in [1.29, 1.82) is 0 Å². The van der Waals surface area contributed by atoms with E-state index in [4.69, 9.17) is 19.3 Å². The van der Waals surface area contributed by atoms with Gasteiger partial charge < -0.3 is 30.9 Å². The maximum absolute atomic E-state index is 11.7. The quantitative estimate of drug-likeness (QED) is 0.259. The fourth-order valence-electron chi connectivity index (χ4n) is 1.97. The summed E-state index contributed by atoms with van der Waals surface area (Å²) in [6, 6.07) is 0. The molecule has 0 aromatic carbocycles. The van der Waals surface area contributed by atoms with Crippen LogP contribution in [-0.4, -0.2) is 54.7 Å². The average Bonchev–Trinajstić information content (AvgIpc) is 2.68. The summed E-state index contributed by atoms with van der Waals surface area (Å²) in [7, 11) is -4.47. The molecule has 2 rings (SSSR count). The monoisotopic (exact) mass is 362 g/mol. The van der Waals surface area contributed by atoms with Gasteiger partial charge in [0.15, 0.2) is 6.10 Å². The number of nitrogens with zero attached hydrogens (tertiary/aromatic N) is 1. The molecule has 1 fully saturated rings. The Morgan fingerprint density at radius 3 is 2.74 bits per heavy atom. The summed E-state index contributed by atoms with van der Waals surface area (Å²) in [5, 5.41) is 20.4. The fourth-order valence-corrected chi connectivity index (χ4v) is 2.36. The summed E-state index contributed by atoms with van der Waals surface area (Å²) < 4.78 is 21.1. The molecular weight excluding hydrogens is 346 g/mol. The number of ether oxygens (including phenoxy) is 2. The molecule has 13 heteroatoms. The van der Waals surface area contributed by atoms with E-state index in [0.717, 1.165) is 6.20 Å². The zero-order chi connectivity index (χ0) is 16.7. The van der Waals surface area contributed by atoms with Crippen LogP contribution in [-0.2, 0) is 19.9 Å². The third kappa shape index (κ3) is 4.40. The second kappa shape index (κ2) is 7.28. The van der Waals surface area contributed by atoms with Crippen LogP contribution in [0, 0.1) is 6.92 Å². The van der Waals surface area contributed by atoms with Crippen LogP contribution in [0.25, 0.3) is 0 Å². The molecule has 23 heavy (non-hydrogen) atoms. The van der Waals surface area contributed by atoms with Crippen molar-refractivity contribution in [3.63, 3.8) is 0 Å². The number of aryl methyl sites for hydroxylation is 1. The number of rotatable bonds is 4. The molecule has 2 heterocycles. The minimum Gasteiger partial charge on any atom is -1.00 e. The number of nitrogens with one attached hydrogen (secondary N) is 1. The van der Waals surface area contributed by atoms with Gasteiger partial charge in [-0.3, -0.25) is 14.3 Å². The molecule has 1 saturated heterocycles. The zero-order valence-electron chi connectivity index (χ0n) is 13.4. The Labute approximate surface area is 152 Å². The van der Waals surface area contributed by atoms with Crippen molar-refractivity contribution >= 4 is 7.60 Å². The third-order valence-corrected chi connectivity index (χ3v) is 3.61. The number of aromatic amines is 1. The molecule has 0 amide bonds. The van der Waals surface area contributed by atoms with Crippen molar-refractivity contribution in [2.45, 2.75) is 25.0 Å². The van der Waals surface area contributed by atoms with Gasteiger partial charge in [0.2, 0.25) is 0 Å². The zero-order valence-corrected chi connectivity index (χ0v) is 15.3. The fraction of sp³-hybridized carbons (Fsp3) is 0.600. The SMILES string of the molecule is Cc1cn([C@]2(O)OC[C@@H](OCP(=O)(O)O)[C@@H]2O)c(=O)[nH]c1=O.[H-].[Na+]. The molecule has 11 nitrogen and oxygen atoms in total. The molecule has 0 bridgehead atoms. The van der Waals surface area contributed by atoms with E-state index in [1.807, 2.05) is 4.98 Å². The summed E-state index contributed by atoms with van der Waals surface area (Å²) in [6.45, 7) is 0.962. The summed E-state index contributed by atoms with van der Waals surface area (Å²) in [5.74, 6) is -2.52. The van der Waals surface area contributed by atoms with Gasteiger partial charge in [0.05, 0.1) is 6.61 Å². The van der Waals surface area contributed by atoms with Crippen molar-refractivity contribution < 1.29 is 65.0 Å². The summed E-state index contributed by atoms with van der Waals surface area (Å²) in [6.07, 6.45) is -3.05. The molecule has 0 spiro atoms. The molecule has 0 unspecified atom stereocenters. The predicted octanol–water partition coefficient (Wildman–Crippen LogP) is -5.52. The standard InChI is InChI=1S/C10H15N2O9P.Na.H/c1-5-2-12(9(15)11-8(5)14)10(16)7(13)6(3-21-10)20-4-22(17,18)19;;/h2,6-7,13,16H,3-4H2,1H3,(H,11,14,15)(H2,17,18,19);;/q;+1;-1/t6-,7+,10-;;/m1../s1. The molecule has 0 radical (unpaired) electrons. The van der Waals surface area contributed by atoms with E-state index < -0.39 is 49.9 Å². The van der Waals surface area contributed by atoms with Crippen LogP contribution in [0.5, 0.6) is 0 Å². The van der Waals surface area contributed by atoms with E-state index in [9.17, 15) is 24.4 Å². The Morgan fingerprint density at radius 1 is 1.57 bits per heavy atom. The van der Waals surface area contributed by atoms with Crippen LogP contribution in [0.3, 0.4) is 0 Å². The Hall–Kier alpha value is -0.330. The van der Waals surface area contributed by atoms with Gasteiger partial charge in [0.25, 0.3) is 11.5 Å². The molecule has 1 aromatic rings. The number of aliphatic hydroxyl groups excluding tert-OH is 1. The Balaban J connectivity index is 0.00000264. The third-order valence-electron chi connectivity index (χ3n) is 3.12. The van der Waals surface area contributed by atoms with Gasteiger partial charge in [-0.05, 0) is 6.92 Å². The van der Waals surface area contributed by atoms with Gasteiger partial charge in [-0.15, -0.1) is 0 Å². The summed E-state index contributed by atoms with van der Waals surface area (Å²) in [4.78, 5) is 42.4. The number of aliphatic hydroxyl groups is 2. The topological polar surface area (TPSA) is 171 Å². The number of hydrogen-bond donors (Lipinski definition) is 5. The van der Waals surface area contributed by atoms with Crippen LogP contribution in [0.1, 0.15) is 6.99 Å². The average molecular weight is 362 g/mol. The van der Waals surface area contributed by atoms with Gasteiger partial charge in [0.1, 0.15) is 12.5 Å². The first kappa shape index (κ1) is 20.7. The molecule has 1 aromatic heterocycles. The molecule has 0 aliphatic carbocycles. The number of hydrogen-bond acceptors (Lipinski definition) is 7.